The van der Waals surface area contributed by atoms with Crippen LogP contribution in [0, 0.1) is 13.8 Å². The smallest absolute Gasteiger partial charge is 0.384 e. The normalized spacial score (nSPS) is 11.7. The van der Waals surface area contributed by atoms with Gasteiger partial charge in [0.05, 0.1) is 5.69 Å². The quantitative estimate of drug-likeness (QED) is 0.779. The van der Waals surface area contributed by atoms with E-state index < -0.39 is 12.0 Å². The Hall–Kier alpha value is -2.90. The minimum absolute atomic E-state index is 0.0937. The second-order valence-corrected chi connectivity index (χ2v) is 5.42. The number of alkyl halides is 3. The summed E-state index contributed by atoms with van der Waals surface area (Å²) < 4.78 is 40.9. The summed E-state index contributed by atoms with van der Waals surface area (Å²) in [5, 5.41) is 0. The van der Waals surface area contributed by atoms with Crippen LogP contribution in [0.4, 0.5) is 19.0 Å². The van der Waals surface area contributed by atoms with E-state index in [9.17, 15) is 13.2 Å². The van der Waals surface area contributed by atoms with Crippen molar-refractivity contribution in [2.45, 2.75) is 20.0 Å². The van der Waals surface area contributed by atoms with Crippen LogP contribution < -0.4 is 5.73 Å². The molecule has 0 saturated heterocycles. The molecule has 0 amide bonds. The molecule has 0 aliphatic heterocycles. The van der Waals surface area contributed by atoms with E-state index in [0.29, 0.717) is 11.3 Å². The lowest BCUT2D eigenvalue weighted by Gasteiger charge is -2.09. The first-order chi connectivity index (χ1) is 11.2. The Bertz CT molecular complexity index is 861. The van der Waals surface area contributed by atoms with Crippen molar-refractivity contribution < 1.29 is 13.2 Å². The van der Waals surface area contributed by atoms with Crippen LogP contribution in [0.1, 0.15) is 17.1 Å². The van der Waals surface area contributed by atoms with Crippen molar-refractivity contribution in [2.24, 2.45) is 0 Å². The summed E-state index contributed by atoms with van der Waals surface area (Å²) in [4.78, 5) is 11.7. The molecule has 2 heterocycles. The predicted molar refractivity (Wildman–Crippen MR) is 83.5 cm³/mol. The zero-order valence-corrected chi connectivity index (χ0v) is 13.0. The lowest BCUT2D eigenvalue weighted by molar-refractivity contribution is -0.146. The Morgan fingerprint density at radius 2 is 1.67 bits per heavy atom. The van der Waals surface area contributed by atoms with E-state index in [1.165, 1.54) is 12.3 Å². The highest BCUT2D eigenvalue weighted by atomic mass is 19.4. The molecule has 5 nitrogen and oxygen atoms in total. The average molecular weight is 333 g/mol. The van der Waals surface area contributed by atoms with E-state index in [2.05, 4.69) is 15.0 Å². The van der Waals surface area contributed by atoms with Gasteiger partial charge in [0.15, 0.2) is 0 Å². The molecule has 3 rings (SSSR count). The molecule has 0 bridgehead atoms. The first kappa shape index (κ1) is 16.0. The maximum Gasteiger partial charge on any atom is 0.450 e. The maximum absolute atomic E-state index is 13.4. The monoisotopic (exact) mass is 333 g/mol. The fourth-order valence-corrected chi connectivity index (χ4v) is 2.28. The molecular weight excluding hydrogens is 319 g/mol. The fourth-order valence-electron chi connectivity index (χ4n) is 2.28. The summed E-state index contributed by atoms with van der Waals surface area (Å²) in [5.74, 6) is -1.16. The van der Waals surface area contributed by atoms with Gasteiger partial charge in [0.1, 0.15) is 5.82 Å². The minimum Gasteiger partial charge on any atom is -0.384 e. The van der Waals surface area contributed by atoms with E-state index in [4.69, 9.17) is 5.73 Å². The standard InChI is InChI=1S/C16H14F3N5/c1-9-3-5-11(6-4-9)12-8-24(14(22-12)16(17,18)19)15-21-10(2)7-13(20)23-15/h3-8H,1-2H3,(H2,20,21,23). The van der Waals surface area contributed by atoms with Crippen molar-refractivity contribution in [3.8, 4) is 17.2 Å². The highest BCUT2D eigenvalue weighted by molar-refractivity contribution is 5.59. The molecule has 0 aliphatic rings. The zero-order valence-electron chi connectivity index (χ0n) is 13.0. The molecule has 0 unspecified atom stereocenters. The molecule has 0 saturated carbocycles. The number of imidazole rings is 1. The highest BCUT2D eigenvalue weighted by Crippen LogP contribution is 2.32. The number of nitrogens with two attached hydrogens (primary N) is 1. The van der Waals surface area contributed by atoms with Gasteiger partial charge in [-0.25, -0.2) is 9.97 Å². The van der Waals surface area contributed by atoms with Gasteiger partial charge in [0.2, 0.25) is 11.8 Å². The Kier molecular flexibility index (Phi) is 3.75. The van der Waals surface area contributed by atoms with Crippen molar-refractivity contribution >= 4 is 5.82 Å². The summed E-state index contributed by atoms with van der Waals surface area (Å²) in [5.41, 5.74) is 7.86. The number of nitrogen functional groups attached to an aromatic ring is 1. The largest absolute Gasteiger partial charge is 0.450 e. The van der Waals surface area contributed by atoms with E-state index in [1.54, 1.807) is 19.1 Å². The topological polar surface area (TPSA) is 69.6 Å². The van der Waals surface area contributed by atoms with Crippen molar-refractivity contribution in [3.63, 3.8) is 0 Å². The highest BCUT2D eigenvalue weighted by Gasteiger charge is 2.38. The molecule has 2 aromatic heterocycles. The SMILES string of the molecule is Cc1ccc(-c2cn(-c3nc(C)cc(N)n3)c(C(F)(F)F)n2)cc1. The van der Waals surface area contributed by atoms with Crippen LogP contribution in [0.5, 0.6) is 0 Å². The number of aromatic nitrogens is 4. The number of rotatable bonds is 2. The van der Waals surface area contributed by atoms with Gasteiger partial charge in [-0.15, -0.1) is 0 Å². The lowest BCUT2D eigenvalue weighted by atomic mass is 10.1. The van der Waals surface area contributed by atoms with Crippen LogP contribution in [0.3, 0.4) is 0 Å². The van der Waals surface area contributed by atoms with Crippen molar-refractivity contribution in [1.82, 2.24) is 19.5 Å². The van der Waals surface area contributed by atoms with Gasteiger partial charge in [0.25, 0.3) is 0 Å². The van der Waals surface area contributed by atoms with Crippen LogP contribution in [-0.2, 0) is 6.18 Å². The van der Waals surface area contributed by atoms with Crippen LogP contribution in [-0.4, -0.2) is 19.5 Å². The molecule has 0 aliphatic carbocycles. The van der Waals surface area contributed by atoms with Gasteiger partial charge < -0.3 is 5.73 Å². The van der Waals surface area contributed by atoms with Crippen molar-refractivity contribution in [2.75, 3.05) is 5.73 Å². The maximum atomic E-state index is 13.4. The number of hydrogen-bond acceptors (Lipinski definition) is 4. The van der Waals surface area contributed by atoms with E-state index >= 15 is 0 Å². The molecule has 2 N–H and O–H groups in total. The lowest BCUT2D eigenvalue weighted by Crippen LogP contribution is -2.16. The molecule has 0 fully saturated rings. The van der Waals surface area contributed by atoms with Crippen molar-refractivity contribution in [3.05, 3.63) is 53.6 Å². The molecule has 0 radical (unpaired) electrons. The second-order valence-electron chi connectivity index (χ2n) is 5.42. The van der Waals surface area contributed by atoms with Gasteiger partial charge in [-0.1, -0.05) is 29.8 Å². The summed E-state index contributed by atoms with van der Waals surface area (Å²) in [6.07, 6.45) is -3.38. The van der Waals surface area contributed by atoms with E-state index in [0.717, 1.165) is 10.1 Å². The number of aryl methyl sites for hydroxylation is 2. The molecule has 24 heavy (non-hydrogen) atoms. The molecule has 124 valence electrons. The third-order valence-electron chi connectivity index (χ3n) is 3.38. The number of hydrogen-bond donors (Lipinski definition) is 1. The number of halogens is 3. The Morgan fingerprint density at radius 1 is 1.00 bits per heavy atom. The van der Waals surface area contributed by atoms with Gasteiger partial charge >= 0.3 is 6.18 Å². The Morgan fingerprint density at radius 3 is 2.25 bits per heavy atom. The molecule has 8 heteroatoms. The second kappa shape index (κ2) is 5.63. The van der Waals surface area contributed by atoms with Crippen LogP contribution in [0.15, 0.2) is 36.5 Å². The summed E-state index contributed by atoms with van der Waals surface area (Å²) in [6.45, 7) is 3.53. The first-order valence-electron chi connectivity index (χ1n) is 7.09. The Labute approximate surface area is 136 Å². The third kappa shape index (κ3) is 3.08. The number of anilines is 1. The van der Waals surface area contributed by atoms with E-state index in [-0.39, 0.29) is 17.5 Å². The molecule has 0 atom stereocenters. The van der Waals surface area contributed by atoms with Gasteiger partial charge in [-0.05, 0) is 13.8 Å². The number of benzene rings is 1. The molecule has 3 aromatic rings. The van der Waals surface area contributed by atoms with Gasteiger partial charge in [-0.2, -0.15) is 18.2 Å². The zero-order chi connectivity index (χ0) is 17.5. The Balaban J connectivity index is 2.19. The predicted octanol–water partition coefficient (Wildman–Crippen LogP) is 3.55. The third-order valence-corrected chi connectivity index (χ3v) is 3.38. The molecular formula is C16H14F3N5. The fraction of sp³-hybridized carbons (Fsp3) is 0.188. The number of nitrogens with zero attached hydrogens (tertiary/aromatic N) is 4. The van der Waals surface area contributed by atoms with Gasteiger partial charge in [0, 0.05) is 23.5 Å². The summed E-state index contributed by atoms with van der Waals surface area (Å²) >= 11 is 0. The first-order valence-corrected chi connectivity index (χ1v) is 7.09. The minimum atomic E-state index is -4.65. The molecule has 1 aromatic carbocycles. The van der Waals surface area contributed by atoms with Gasteiger partial charge in [-0.3, -0.25) is 4.57 Å². The van der Waals surface area contributed by atoms with Crippen LogP contribution >= 0.6 is 0 Å². The van der Waals surface area contributed by atoms with E-state index in [1.807, 2.05) is 19.1 Å². The van der Waals surface area contributed by atoms with Crippen LogP contribution in [0.2, 0.25) is 0 Å². The molecule has 0 spiro atoms. The van der Waals surface area contributed by atoms with Crippen molar-refractivity contribution in [1.29, 1.82) is 0 Å². The average Bonchev–Trinajstić information content (AvgIpc) is 2.92. The summed E-state index contributed by atoms with van der Waals surface area (Å²) in [6, 6.07) is 8.53. The summed E-state index contributed by atoms with van der Waals surface area (Å²) in [7, 11) is 0. The van der Waals surface area contributed by atoms with Crippen LogP contribution in [0.25, 0.3) is 17.2 Å².